The molecule has 1 aliphatic rings. The van der Waals surface area contributed by atoms with E-state index < -0.39 is 0 Å². The molecule has 4 nitrogen and oxygen atoms in total. The molecule has 1 saturated carbocycles. The third kappa shape index (κ3) is 5.06. The van der Waals surface area contributed by atoms with Crippen LogP contribution in [-0.2, 0) is 13.2 Å². The normalized spacial score (nSPS) is 20.0. The maximum atomic E-state index is 9.57. The number of hydrogen-bond acceptors (Lipinski definition) is 4. The van der Waals surface area contributed by atoms with Crippen molar-refractivity contribution in [2.75, 3.05) is 0 Å². The van der Waals surface area contributed by atoms with E-state index in [1.807, 2.05) is 36.4 Å². The van der Waals surface area contributed by atoms with Crippen molar-refractivity contribution in [3.63, 3.8) is 0 Å². The number of benzene rings is 2. The zero-order valence-corrected chi connectivity index (χ0v) is 14.3. The molecular weight excluding hydrogens is 312 g/mol. The first-order chi connectivity index (χ1) is 12.2. The summed E-state index contributed by atoms with van der Waals surface area (Å²) in [5.41, 5.74) is 2.73. The molecule has 2 aromatic carbocycles. The molecule has 0 aliphatic heterocycles. The molecule has 0 aromatic heterocycles. The van der Waals surface area contributed by atoms with Gasteiger partial charge >= 0.3 is 0 Å². The lowest BCUT2D eigenvalue weighted by Crippen LogP contribution is -2.34. The van der Waals surface area contributed by atoms with Gasteiger partial charge in [0.15, 0.2) is 0 Å². The summed E-state index contributed by atoms with van der Waals surface area (Å²) in [6.07, 6.45) is 3.72. The smallest absolute Gasteiger partial charge is 0.120 e. The molecule has 0 atom stereocenters. The van der Waals surface area contributed by atoms with Crippen molar-refractivity contribution in [3.8, 4) is 11.8 Å². The van der Waals surface area contributed by atoms with Gasteiger partial charge < -0.3 is 15.2 Å². The lowest BCUT2D eigenvalue weighted by Gasteiger charge is -2.26. The zero-order chi connectivity index (χ0) is 17.5. The first kappa shape index (κ1) is 17.5. The monoisotopic (exact) mass is 336 g/mol. The highest BCUT2D eigenvalue weighted by molar-refractivity contribution is 5.37. The Hall–Kier alpha value is -2.35. The second-order valence-electron chi connectivity index (χ2n) is 6.59. The molecule has 2 aromatic rings. The van der Waals surface area contributed by atoms with Crippen LogP contribution >= 0.6 is 0 Å². The van der Waals surface area contributed by atoms with Crippen LogP contribution in [0.4, 0.5) is 0 Å². The minimum absolute atomic E-state index is 0.119. The van der Waals surface area contributed by atoms with Crippen molar-refractivity contribution in [3.05, 3.63) is 65.2 Å². The standard InChI is InChI=1S/C21H24N2O2/c22-13-17-5-1-2-6-18(17)15-25-21-7-3-4-16(12-21)14-23-19-8-10-20(24)11-9-19/h1-7,12,19-20,23-24H,8-11,14-15H2. The molecule has 1 aliphatic carbocycles. The number of ether oxygens (including phenoxy) is 1. The Morgan fingerprint density at radius 1 is 1.08 bits per heavy atom. The van der Waals surface area contributed by atoms with Gasteiger partial charge in [-0.3, -0.25) is 0 Å². The molecule has 2 N–H and O–H groups in total. The summed E-state index contributed by atoms with van der Waals surface area (Å²) < 4.78 is 5.87. The van der Waals surface area contributed by atoms with E-state index in [9.17, 15) is 5.11 Å². The lowest BCUT2D eigenvalue weighted by molar-refractivity contribution is 0.116. The fourth-order valence-corrected chi connectivity index (χ4v) is 3.20. The fourth-order valence-electron chi connectivity index (χ4n) is 3.20. The van der Waals surface area contributed by atoms with Crippen LogP contribution in [0, 0.1) is 11.3 Å². The van der Waals surface area contributed by atoms with E-state index in [0.29, 0.717) is 18.2 Å². The molecule has 0 radical (unpaired) electrons. The molecule has 0 unspecified atom stereocenters. The Kier molecular flexibility index (Phi) is 6.05. The first-order valence-corrected chi connectivity index (χ1v) is 8.86. The van der Waals surface area contributed by atoms with Crippen molar-refractivity contribution in [2.45, 2.75) is 51.0 Å². The summed E-state index contributed by atoms with van der Waals surface area (Å²) in [5.74, 6) is 0.811. The van der Waals surface area contributed by atoms with Crippen LogP contribution in [0.1, 0.15) is 42.4 Å². The first-order valence-electron chi connectivity index (χ1n) is 8.86. The lowest BCUT2D eigenvalue weighted by atomic mass is 9.93. The Balaban J connectivity index is 1.54. The van der Waals surface area contributed by atoms with E-state index in [-0.39, 0.29) is 6.10 Å². The van der Waals surface area contributed by atoms with Gasteiger partial charge in [0.25, 0.3) is 0 Å². The molecule has 0 spiro atoms. The molecule has 3 rings (SSSR count). The molecule has 130 valence electrons. The second kappa shape index (κ2) is 8.66. The van der Waals surface area contributed by atoms with Gasteiger partial charge in [0.05, 0.1) is 17.7 Å². The van der Waals surface area contributed by atoms with E-state index >= 15 is 0 Å². The number of nitriles is 1. The van der Waals surface area contributed by atoms with Crippen LogP contribution in [0.2, 0.25) is 0 Å². The number of nitrogens with one attached hydrogen (secondary N) is 1. The average molecular weight is 336 g/mol. The number of aliphatic hydroxyl groups is 1. The predicted octanol–water partition coefficient (Wildman–Crippen LogP) is 3.53. The number of hydrogen-bond donors (Lipinski definition) is 2. The SMILES string of the molecule is N#Cc1ccccc1COc1cccc(CNC2CCC(O)CC2)c1. The molecule has 0 saturated heterocycles. The van der Waals surface area contributed by atoms with Gasteiger partial charge in [0, 0.05) is 18.2 Å². The maximum absolute atomic E-state index is 9.57. The van der Waals surface area contributed by atoms with Crippen molar-refractivity contribution < 1.29 is 9.84 Å². The number of nitrogens with zero attached hydrogens (tertiary/aromatic N) is 1. The van der Waals surface area contributed by atoms with Crippen LogP contribution in [0.5, 0.6) is 5.75 Å². The van der Waals surface area contributed by atoms with Crippen molar-refractivity contribution in [2.24, 2.45) is 0 Å². The van der Waals surface area contributed by atoms with E-state index in [2.05, 4.69) is 17.5 Å². The van der Waals surface area contributed by atoms with Gasteiger partial charge in [-0.2, -0.15) is 5.26 Å². The number of aliphatic hydroxyl groups excluding tert-OH is 1. The zero-order valence-electron chi connectivity index (χ0n) is 14.3. The van der Waals surface area contributed by atoms with Gasteiger partial charge in [-0.15, -0.1) is 0 Å². The largest absolute Gasteiger partial charge is 0.489 e. The van der Waals surface area contributed by atoms with Gasteiger partial charge in [0.1, 0.15) is 12.4 Å². The van der Waals surface area contributed by atoms with Crippen LogP contribution in [0.15, 0.2) is 48.5 Å². The van der Waals surface area contributed by atoms with Gasteiger partial charge in [-0.25, -0.2) is 0 Å². The van der Waals surface area contributed by atoms with Crippen LogP contribution in [0.25, 0.3) is 0 Å². The summed E-state index contributed by atoms with van der Waals surface area (Å²) in [5, 5.41) is 22.3. The van der Waals surface area contributed by atoms with Crippen molar-refractivity contribution in [1.29, 1.82) is 5.26 Å². The molecule has 25 heavy (non-hydrogen) atoms. The summed E-state index contributed by atoms with van der Waals surface area (Å²) in [4.78, 5) is 0. The van der Waals surface area contributed by atoms with E-state index in [4.69, 9.17) is 10.00 Å². The Morgan fingerprint density at radius 3 is 2.68 bits per heavy atom. The van der Waals surface area contributed by atoms with Gasteiger partial charge in [0.2, 0.25) is 0 Å². The van der Waals surface area contributed by atoms with Crippen molar-refractivity contribution >= 4 is 0 Å². The van der Waals surface area contributed by atoms with Crippen LogP contribution in [-0.4, -0.2) is 17.3 Å². The predicted molar refractivity (Wildman–Crippen MR) is 97.0 cm³/mol. The second-order valence-corrected chi connectivity index (χ2v) is 6.59. The molecule has 0 amide bonds. The highest BCUT2D eigenvalue weighted by atomic mass is 16.5. The van der Waals surface area contributed by atoms with Gasteiger partial charge in [-0.05, 0) is 49.4 Å². The minimum Gasteiger partial charge on any atom is -0.489 e. The summed E-state index contributed by atoms with van der Waals surface area (Å²) in [7, 11) is 0. The van der Waals surface area contributed by atoms with Crippen LogP contribution in [0.3, 0.4) is 0 Å². The van der Waals surface area contributed by atoms with Crippen molar-refractivity contribution in [1.82, 2.24) is 5.32 Å². The molecular formula is C21H24N2O2. The summed E-state index contributed by atoms with van der Waals surface area (Å²) in [6.45, 7) is 1.19. The average Bonchev–Trinajstić information content (AvgIpc) is 2.66. The van der Waals surface area contributed by atoms with Crippen LogP contribution < -0.4 is 10.1 Å². The van der Waals surface area contributed by atoms with E-state index in [0.717, 1.165) is 43.5 Å². The van der Waals surface area contributed by atoms with Gasteiger partial charge in [-0.1, -0.05) is 30.3 Å². The summed E-state index contributed by atoms with van der Waals surface area (Å²) in [6, 6.07) is 18.2. The Morgan fingerprint density at radius 2 is 1.88 bits per heavy atom. The third-order valence-corrected chi connectivity index (χ3v) is 4.72. The summed E-state index contributed by atoms with van der Waals surface area (Å²) >= 11 is 0. The highest BCUT2D eigenvalue weighted by Gasteiger charge is 2.18. The Labute approximate surface area is 149 Å². The molecule has 0 bridgehead atoms. The van der Waals surface area contributed by atoms with E-state index in [1.54, 1.807) is 6.07 Å². The maximum Gasteiger partial charge on any atom is 0.120 e. The Bertz CT molecular complexity index is 731. The number of rotatable bonds is 6. The molecule has 4 heteroatoms. The molecule has 1 fully saturated rings. The fraction of sp³-hybridized carbons (Fsp3) is 0.381. The molecule has 0 heterocycles. The quantitative estimate of drug-likeness (QED) is 0.847. The third-order valence-electron chi connectivity index (χ3n) is 4.72. The topological polar surface area (TPSA) is 65.3 Å². The highest BCUT2D eigenvalue weighted by Crippen LogP contribution is 2.20. The van der Waals surface area contributed by atoms with E-state index in [1.165, 1.54) is 5.56 Å². The minimum atomic E-state index is -0.119.